The highest BCUT2D eigenvalue weighted by Gasteiger charge is 1.89. The number of hydrogen-bond acceptors (Lipinski definition) is 1. The van der Waals surface area contributed by atoms with Crippen molar-refractivity contribution in [2.45, 2.75) is 0 Å². The van der Waals surface area contributed by atoms with Gasteiger partial charge in [-0.25, -0.2) is 4.39 Å². The molecule has 3 heteroatoms. The zero-order valence-corrected chi connectivity index (χ0v) is 7.43. The number of halogens is 2. The van der Waals surface area contributed by atoms with E-state index in [-0.39, 0.29) is 5.82 Å². The minimum Gasteiger partial charge on any atom is -0.376 e. The molecule has 0 aliphatic rings. The summed E-state index contributed by atoms with van der Waals surface area (Å²) >= 11 is 2.19. The highest BCUT2D eigenvalue weighted by atomic mass is 127. The molecule has 0 aliphatic carbocycles. The zero-order valence-electron chi connectivity index (χ0n) is 5.27. The summed E-state index contributed by atoms with van der Waals surface area (Å²) < 4.78 is 13.1. The van der Waals surface area contributed by atoms with E-state index in [1.165, 1.54) is 12.1 Å². The van der Waals surface area contributed by atoms with Gasteiger partial charge in [0.05, 0.1) is 4.55 Å². The van der Waals surface area contributed by atoms with E-state index >= 15 is 0 Å². The van der Waals surface area contributed by atoms with Crippen LogP contribution in [-0.4, -0.2) is 4.55 Å². The summed E-state index contributed by atoms with van der Waals surface area (Å²) in [6, 6.07) is 6.31. The third-order valence-corrected chi connectivity index (χ3v) is 1.50. The van der Waals surface area contributed by atoms with Crippen molar-refractivity contribution < 1.29 is 4.39 Å². The lowest BCUT2D eigenvalue weighted by molar-refractivity contribution is 0.628. The van der Waals surface area contributed by atoms with Crippen molar-refractivity contribution in [2.75, 3.05) is 9.87 Å². The van der Waals surface area contributed by atoms with Crippen molar-refractivity contribution in [1.29, 1.82) is 0 Å². The summed E-state index contributed by atoms with van der Waals surface area (Å²) in [5.41, 5.74) is 0.954. The molecule has 1 nitrogen and oxygen atoms in total. The second kappa shape index (κ2) is 3.75. The van der Waals surface area contributed by atoms with Gasteiger partial charge in [0.1, 0.15) is 5.82 Å². The predicted molar refractivity (Wildman–Crippen MR) is 48.9 cm³/mol. The van der Waals surface area contributed by atoms with Gasteiger partial charge in [0.25, 0.3) is 0 Å². The van der Waals surface area contributed by atoms with Gasteiger partial charge in [0.2, 0.25) is 0 Å². The third-order valence-electron chi connectivity index (χ3n) is 1.12. The molecule has 0 fully saturated rings. The van der Waals surface area contributed by atoms with Gasteiger partial charge < -0.3 is 5.32 Å². The number of anilines is 1. The molecule has 54 valence electrons. The standard InChI is InChI=1S/C7H7FIN/c8-6-1-3-7(4-2-6)10-5-9/h1-4,10H,5H2. The van der Waals surface area contributed by atoms with E-state index in [1.807, 2.05) is 0 Å². The molecule has 10 heavy (non-hydrogen) atoms. The van der Waals surface area contributed by atoms with Gasteiger partial charge in [0.15, 0.2) is 0 Å². The fourth-order valence-corrected chi connectivity index (χ4v) is 1.09. The highest BCUT2D eigenvalue weighted by molar-refractivity contribution is 14.1. The number of alkyl halides is 1. The van der Waals surface area contributed by atoms with Crippen molar-refractivity contribution in [3.05, 3.63) is 30.1 Å². The Hall–Kier alpha value is -0.320. The molecule has 0 atom stereocenters. The first-order valence-electron chi connectivity index (χ1n) is 2.88. The predicted octanol–water partition coefficient (Wildman–Crippen LogP) is 2.63. The van der Waals surface area contributed by atoms with Crippen molar-refractivity contribution in [3.63, 3.8) is 0 Å². The van der Waals surface area contributed by atoms with Gasteiger partial charge in [-0.15, -0.1) is 0 Å². The van der Waals surface area contributed by atoms with Crippen LogP contribution in [0.15, 0.2) is 24.3 Å². The number of rotatable bonds is 2. The smallest absolute Gasteiger partial charge is 0.123 e. The van der Waals surface area contributed by atoms with Crippen molar-refractivity contribution >= 4 is 28.3 Å². The normalized spacial score (nSPS) is 9.40. The van der Waals surface area contributed by atoms with Crippen molar-refractivity contribution in [3.8, 4) is 0 Å². The van der Waals surface area contributed by atoms with Crippen LogP contribution in [0.4, 0.5) is 10.1 Å². The highest BCUT2D eigenvalue weighted by Crippen LogP contribution is 2.07. The van der Waals surface area contributed by atoms with E-state index < -0.39 is 0 Å². The largest absolute Gasteiger partial charge is 0.376 e. The summed E-state index contributed by atoms with van der Waals surface area (Å²) in [4.78, 5) is 0. The van der Waals surface area contributed by atoms with Crippen LogP contribution in [-0.2, 0) is 0 Å². The van der Waals surface area contributed by atoms with E-state index in [9.17, 15) is 4.39 Å². The Kier molecular flexibility index (Phi) is 2.92. The van der Waals surface area contributed by atoms with Gasteiger partial charge in [-0.05, 0) is 24.3 Å². The lowest BCUT2D eigenvalue weighted by Crippen LogP contribution is -1.92. The topological polar surface area (TPSA) is 12.0 Å². The van der Waals surface area contributed by atoms with Gasteiger partial charge in [-0.2, -0.15) is 0 Å². The number of benzene rings is 1. The van der Waals surface area contributed by atoms with Crippen LogP contribution in [0.5, 0.6) is 0 Å². The van der Waals surface area contributed by atoms with E-state index in [2.05, 4.69) is 27.9 Å². The summed E-state index contributed by atoms with van der Waals surface area (Å²) in [6.45, 7) is 0. The maximum atomic E-state index is 12.3. The van der Waals surface area contributed by atoms with Crippen LogP contribution >= 0.6 is 22.6 Å². The summed E-state index contributed by atoms with van der Waals surface area (Å²) in [7, 11) is 0. The quantitative estimate of drug-likeness (QED) is 0.484. The summed E-state index contributed by atoms with van der Waals surface area (Å²) in [5, 5.41) is 3.05. The molecule has 0 amide bonds. The lowest BCUT2D eigenvalue weighted by Gasteiger charge is -1.99. The second-order valence-electron chi connectivity index (χ2n) is 1.82. The Balaban J connectivity index is 2.69. The van der Waals surface area contributed by atoms with Crippen LogP contribution in [0.3, 0.4) is 0 Å². The fraction of sp³-hybridized carbons (Fsp3) is 0.143. The fourth-order valence-electron chi connectivity index (χ4n) is 0.645. The first kappa shape index (κ1) is 7.78. The molecule has 1 rings (SSSR count). The minimum atomic E-state index is -0.195. The molecule has 0 heterocycles. The molecule has 0 saturated carbocycles. The first-order valence-corrected chi connectivity index (χ1v) is 4.41. The molecule has 0 unspecified atom stereocenters. The SMILES string of the molecule is Fc1ccc(NCI)cc1. The molecular formula is C7H7FIN. The van der Waals surface area contributed by atoms with E-state index in [0.29, 0.717) is 0 Å². The Morgan fingerprint density at radius 1 is 1.30 bits per heavy atom. The van der Waals surface area contributed by atoms with Gasteiger partial charge in [0, 0.05) is 5.69 Å². The molecule has 1 aromatic carbocycles. The maximum Gasteiger partial charge on any atom is 0.123 e. The Bertz CT molecular complexity index is 197. The van der Waals surface area contributed by atoms with Gasteiger partial charge in [-0.1, -0.05) is 22.6 Å². The Labute approximate surface area is 72.8 Å². The molecule has 1 N–H and O–H groups in total. The third kappa shape index (κ3) is 2.13. The number of hydrogen-bond donors (Lipinski definition) is 1. The van der Waals surface area contributed by atoms with Gasteiger partial charge >= 0.3 is 0 Å². The second-order valence-corrected chi connectivity index (χ2v) is 2.58. The van der Waals surface area contributed by atoms with Crippen LogP contribution in [0.2, 0.25) is 0 Å². The molecule has 0 radical (unpaired) electrons. The van der Waals surface area contributed by atoms with Crippen LogP contribution < -0.4 is 5.32 Å². The molecular weight excluding hydrogens is 244 g/mol. The Morgan fingerprint density at radius 3 is 2.40 bits per heavy atom. The van der Waals surface area contributed by atoms with Crippen LogP contribution in [0.25, 0.3) is 0 Å². The van der Waals surface area contributed by atoms with Gasteiger partial charge in [-0.3, -0.25) is 0 Å². The first-order chi connectivity index (χ1) is 4.83. The average molecular weight is 251 g/mol. The molecule has 0 aliphatic heterocycles. The molecule has 0 spiro atoms. The molecule has 0 saturated heterocycles. The van der Waals surface area contributed by atoms with Crippen molar-refractivity contribution in [1.82, 2.24) is 0 Å². The Morgan fingerprint density at radius 2 is 1.90 bits per heavy atom. The summed E-state index contributed by atoms with van der Waals surface area (Å²) in [5.74, 6) is -0.195. The lowest BCUT2D eigenvalue weighted by atomic mass is 10.3. The molecule has 0 bridgehead atoms. The zero-order chi connectivity index (χ0) is 7.40. The van der Waals surface area contributed by atoms with E-state index in [4.69, 9.17) is 0 Å². The molecule has 0 aromatic heterocycles. The van der Waals surface area contributed by atoms with Crippen LogP contribution in [0.1, 0.15) is 0 Å². The van der Waals surface area contributed by atoms with Crippen molar-refractivity contribution in [2.24, 2.45) is 0 Å². The number of nitrogens with one attached hydrogen (secondary N) is 1. The maximum absolute atomic E-state index is 12.3. The van der Waals surface area contributed by atoms with Crippen LogP contribution in [0, 0.1) is 5.82 Å². The summed E-state index contributed by atoms with van der Waals surface area (Å²) in [6.07, 6.45) is 0. The van der Waals surface area contributed by atoms with E-state index in [1.54, 1.807) is 12.1 Å². The average Bonchev–Trinajstić information content (AvgIpc) is 1.95. The monoisotopic (exact) mass is 251 g/mol. The minimum absolute atomic E-state index is 0.195. The molecule has 1 aromatic rings. The van der Waals surface area contributed by atoms with E-state index in [0.717, 1.165) is 10.2 Å².